The van der Waals surface area contributed by atoms with Crippen molar-refractivity contribution in [3.8, 4) is 0 Å². The number of nitrogens with one attached hydrogen (secondary N) is 3. The molecule has 1 aliphatic rings. The number of primary amides is 1. The van der Waals surface area contributed by atoms with Gasteiger partial charge in [-0.25, -0.2) is 13.8 Å². The minimum Gasteiger partial charge on any atom is -0.365 e. The van der Waals surface area contributed by atoms with E-state index >= 15 is 0 Å². The quantitative estimate of drug-likeness (QED) is 0.347. The molecule has 0 spiro atoms. The third-order valence-electron chi connectivity index (χ3n) is 5.75. The van der Waals surface area contributed by atoms with Crippen LogP contribution >= 0.6 is 0 Å². The molecule has 0 bridgehead atoms. The van der Waals surface area contributed by atoms with Crippen LogP contribution in [0.5, 0.6) is 0 Å². The van der Waals surface area contributed by atoms with Crippen molar-refractivity contribution in [2.24, 2.45) is 11.5 Å². The minimum atomic E-state index is -0.867. The van der Waals surface area contributed by atoms with E-state index in [1.807, 2.05) is 0 Å². The Kier molecular flexibility index (Phi) is 7.16. The monoisotopic (exact) mass is 481 g/mol. The van der Waals surface area contributed by atoms with Crippen molar-refractivity contribution < 1.29 is 18.4 Å². The predicted molar refractivity (Wildman–Crippen MR) is 128 cm³/mol. The second-order valence-electron chi connectivity index (χ2n) is 8.33. The van der Waals surface area contributed by atoms with Gasteiger partial charge in [0.15, 0.2) is 11.6 Å². The average Bonchev–Trinajstić information content (AvgIpc) is 2.83. The van der Waals surface area contributed by atoms with Gasteiger partial charge in [-0.2, -0.15) is 0 Å². The molecular formula is C24H25F2N7O2. The molecule has 35 heavy (non-hydrogen) atoms. The van der Waals surface area contributed by atoms with Gasteiger partial charge < -0.3 is 27.4 Å². The van der Waals surface area contributed by atoms with Crippen LogP contribution in [0.25, 0.3) is 0 Å². The summed E-state index contributed by atoms with van der Waals surface area (Å²) in [5, 5.41) is 8.62. The number of aromatic nitrogens is 2. The van der Waals surface area contributed by atoms with Crippen molar-refractivity contribution in [2.75, 3.05) is 16.0 Å². The molecule has 182 valence electrons. The number of amides is 2. The Balaban J connectivity index is 1.56. The smallest absolute Gasteiger partial charge is 0.255 e. The lowest BCUT2D eigenvalue weighted by molar-refractivity contribution is 0.0997. The SMILES string of the molecule is NC(=O)c1cc(F)c(N[C@@H]2CCCC[C@@H]2N)nc1Nc1cncc(NC(=O)c2ccc(F)cc2)c1. The molecule has 2 amide bonds. The largest absolute Gasteiger partial charge is 0.365 e. The number of rotatable bonds is 7. The van der Waals surface area contributed by atoms with Crippen molar-refractivity contribution in [1.29, 1.82) is 0 Å². The lowest BCUT2D eigenvalue weighted by Gasteiger charge is -2.30. The molecule has 0 saturated heterocycles. The lowest BCUT2D eigenvalue weighted by atomic mass is 9.91. The molecule has 0 unspecified atom stereocenters. The molecule has 2 atom stereocenters. The van der Waals surface area contributed by atoms with Crippen molar-refractivity contribution in [3.63, 3.8) is 0 Å². The fraction of sp³-hybridized carbons (Fsp3) is 0.250. The van der Waals surface area contributed by atoms with E-state index in [9.17, 15) is 18.4 Å². The standard InChI is InChI=1S/C24H25F2N7O2/c25-14-7-5-13(6-8-14)24(35)31-16-9-15(11-29-12-16)30-22-17(21(28)34)10-18(26)23(33-22)32-20-4-2-1-3-19(20)27/h5-12,19-20H,1-4,27H2,(H2,28,34)(H,31,35)(H2,30,32,33)/t19-,20+/m0/s1. The molecule has 1 saturated carbocycles. The first-order valence-electron chi connectivity index (χ1n) is 11.1. The highest BCUT2D eigenvalue weighted by molar-refractivity contribution is 6.04. The Morgan fingerprint density at radius 1 is 0.971 bits per heavy atom. The summed E-state index contributed by atoms with van der Waals surface area (Å²) in [6, 6.07) is 7.36. The molecule has 4 rings (SSSR count). The fourth-order valence-corrected chi connectivity index (χ4v) is 3.91. The Bertz CT molecular complexity index is 1240. The summed E-state index contributed by atoms with van der Waals surface area (Å²) in [7, 11) is 0. The lowest BCUT2D eigenvalue weighted by Crippen LogP contribution is -2.43. The van der Waals surface area contributed by atoms with Gasteiger partial charge in [-0.15, -0.1) is 0 Å². The van der Waals surface area contributed by atoms with Crippen LogP contribution in [0.2, 0.25) is 0 Å². The van der Waals surface area contributed by atoms with E-state index < -0.39 is 23.4 Å². The van der Waals surface area contributed by atoms with Crippen LogP contribution in [0.4, 0.5) is 31.8 Å². The van der Waals surface area contributed by atoms with Gasteiger partial charge in [0.2, 0.25) is 0 Å². The number of nitrogens with zero attached hydrogens (tertiary/aromatic N) is 2. The molecule has 2 heterocycles. The van der Waals surface area contributed by atoms with Crippen LogP contribution in [-0.2, 0) is 0 Å². The van der Waals surface area contributed by atoms with Crippen LogP contribution < -0.4 is 27.4 Å². The first kappa shape index (κ1) is 24.0. The maximum atomic E-state index is 14.7. The Morgan fingerprint density at radius 2 is 1.69 bits per heavy atom. The van der Waals surface area contributed by atoms with Gasteiger partial charge >= 0.3 is 0 Å². The summed E-state index contributed by atoms with van der Waals surface area (Å²) in [5.41, 5.74) is 12.4. The topological polar surface area (TPSA) is 148 Å². The predicted octanol–water partition coefficient (Wildman–Crippen LogP) is 3.53. The van der Waals surface area contributed by atoms with Gasteiger partial charge in [0.1, 0.15) is 11.6 Å². The fourth-order valence-electron chi connectivity index (χ4n) is 3.91. The Morgan fingerprint density at radius 3 is 2.40 bits per heavy atom. The zero-order valence-electron chi connectivity index (χ0n) is 18.7. The van der Waals surface area contributed by atoms with E-state index in [0.29, 0.717) is 11.4 Å². The molecule has 2 aromatic heterocycles. The molecule has 1 aliphatic carbocycles. The second-order valence-corrected chi connectivity index (χ2v) is 8.33. The number of carbonyl (C=O) groups is 2. The number of halogens is 2. The maximum Gasteiger partial charge on any atom is 0.255 e. The number of nitrogens with two attached hydrogens (primary N) is 2. The van der Waals surface area contributed by atoms with E-state index in [0.717, 1.165) is 31.7 Å². The summed E-state index contributed by atoms with van der Waals surface area (Å²) in [4.78, 5) is 32.7. The van der Waals surface area contributed by atoms with Crippen LogP contribution in [0.1, 0.15) is 46.4 Å². The Hall–Kier alpha value is -4.12. The van der Waals surface area contributed by atoms with Crippen LogP contribution in [0.15, 0.2) is 48.8 Å². The van der Waals surface area contributed by atoms with E-state index in [-0.39, 0.29) is 34.8 Å². The number of pyridine rings is 2. The van der Waals surface area contributed by atoms with E-state index in [2.05, 4.69) is 25.9 Å². The van der Waals surface area contributed by atoms with Crippen molar-refractivity contribution in [1.82, 2.24) is 9.97 Å². The highest BCUT2D eigenvalue weighted by Crippen LogP contribution is 2.27. The number of hydrogen-bond donors (Lipinski definition) is 5. The molecule has 3 aromatic rings. The summed E-state index contributed by atoms with van der Waals surface area (Å²) in [5.74, 6) is -2.53. The number of benzene rings is 1. The van der Waals surface area contributed by atoms with Gasteiger partial charge in [0, 0.05) is 17.6 Å². The number of anilines is 4. The van der Waals surface area contributed by atoms with Crippen molar-refractivity contribution in [3.05, 3.63) is 71.6 Å². The minimum absolute atomic E-state index is 0.0228. The van der Waals surface area contributed by atoms with Gasteiger partial charge in [-0.05, 0) is 49.2 Å². The average molecular weight is 482 g/mol. The highest BCUT2D eigenvalue weighted by atomic mass is 19.1. The van der Waals surface area contributed by atoms with Gasteiger partial charge in [-0.3, -0.25) is 14.6 Å². The molecular weight excluding hydrogens is 456 g/mol. The second kappa shape index (κ2) is 10.4. The zero-order valence-corrected chi connectivity index (χ0v) is 18.7. The molecule has 1 aromatic carbocycles. The highest BCUT2D eigenvalue weighted by Gasteiger charge is 2.24. The normalized spacial score (nSPS) is 17.5. The van der Waals surface area contributed by atoms with Crippen molar-refractivity contribution in [2.45, 2.75) is 37.8 Å². The first-order valence-corrected chi connectivity index (χ1v) is 11.1. The maximum absolute atomic E-state index is 14.7. The molecule has 9 nitrogen and oxygen atoms in total. The zero-order chi connectivity index (χ0) is 24.9. The molecule has 0 radical (unpaired) electrons. The number of carbonyl (C=O) groups excluding carboxylic acids is 2. The third kappa shape index (κ3) is 5.87. The van der Waals surface area contributed by atoms with E-state index in [4.69, 9.17) is 11.5 Å². The van der Waals surface area contributed by atoms with Crippen LogP contribution in [0.3, 0.4) is 0 Å². The van der Waals surface area contributed by atoms with E-state index in [1.54, 1.807) is 6.07 Å². The summed E-state index contributed by atoms with van der Waals surface area (Å²) in [6.45, 7) is 0. The summed E-state index contributed by atoms with van der Waals surface area (Å²) < 4.78 is 27.8. The first-order chi connectivity index (χ1) is 16.8. The number of hydrogen-bond acceptors (Lipinski definition) is 7. The molecule has 0 aliphatic heterocycles. The van der Waals surface area contributed by atoms with Crippen LogP contribution in [-0.4, -0.2) is 33.9 Å². The van der Waals surface area contributed by atoms with Gasteiger partial charge in [-0.1, -0.05) is 12.8 Å². The van der Waals surface area contributed by atoms with E-state index in [1.165, 1.54) is 36.7 Å². The third-order valence-corrected chi connectivity index (χ3v) is 5.75. The van der Waals surface area contributed by atoms with Gasteiger partial charge in [0.05, 0.1) is 29.3 Å². The summed E-state index contributed by atoms with van der Waals surface area (Å²) in [6.07, 6.45) is 6.45. The molecule has 7 N–H and O–H groups in total. The van der Waals surface area contributed by atoms with Gasteiger partial charge in [0.25, 0.3) is 11.8 Å². The Labute approximate surface area is 200 Å². The van der Waals surface area contributed by atoms with Crippen molar-refractivity contribution >= 4 is 34.8 Å². The molecule has 1 fully saturated rings. The van der Waals surface area contributed by atoms with Crippen LogP contribution in [0, 0.1) is 11.6 Å². The summed E-state index contributed by atoms with van der Waals surface area (Å²) >= 11 is 0. The molecule has 11 heteroatoms.